The molecule has 0 bridgehead atoms. The standard InChI is InChI=1S/C16H24N2/c1-2-16(10-4-3-5-12-18-16)14-9-8-13-7-6-11-17-15(13)14/h6-7,11,14,18H,2-5,8-10,12H2,1H3. The summed E-state index contributed by atoms with van der Waals surface area (Å²) in [4.78, 5) is 4.70. The molecule has 2 unspecified atom stereocenters. The van der Waals surface area contributed by atoms with Crippen LogP contribution < -0.4 is 5.32 Å². The second-order valence-corrected chi connectivity index (χ2v) is 5.89. The largest absolute Gasteiger partial charge is 0.311 e. The maximum absolute atomic E-state index is 4.70. The average Bonchev–Trinajstić information content (AvgIpc) is 2.70. The van der Waals surface area contributed by atoms with E-state index in [4.69, 9.17) is 4.98 Å². The van der Waals surface area contributed by atoms with Gasteiger partial charge in [-0.1, -0.05) is 25.8 Å². The predicted octanol–water partition coefficient (Wildman–Crippen LogP) is 3.42. The summed E-state index contributed by atoms with van der Waals surface area (Å²) in [5, 5.41) is 3.89. The molecule has 2 heterocycles. The highest BCUT2D eigenvalue weighted by molar-refractivity contribution is 5.32. The Hall–Kier alpha value is -0.890. The smallest absolute Gasteiger partial charge is 0.0484 e. The summed E-state index contributed by atoms with van der Waals surface area (Å²) in [6, 6.07) is 4.35. The minimum absolute atomic E-state index is 0.316. The first-order valence-electron chi connectivity index (χ1n) is 7.54. The van der Waals surface area contributed by atoms with Crippen LogP contribution in [0.15, 0.2) is 18.3 Å². The molecule has 2 heteroatoms. The summed E-state index contributed by atoms with van der Waals surface area (Å²) >= 11 is 0. The Balaban J connectivity index is 1.93. The normalized spacial score (nSPS) is 31.9. The van der Waals surface area contributed by atoms with E-state index in [1.165, 1.54) is 62.7 Å². The molecule has 1 N–H and O–H groups in total. The molecule has 2 atom stereocenters. The monoisotopic (exact) mass is 244 g/mol. The van der Waals surface area contributed by atoms with Crippen molar-refractivity contribution in [2.24, 2.45) is 0 Å². The first-order valence-corrected chi connectivity index (χ1v) is 7.54. The molecule has 0 spiro atoms. The van der Waals surface area contributed by atoms with E-state index >= 15 is 0 Å². The third-order valence-electron chi connectivity index (χ3n) is 5.03. The van der Waals surface area contributed by atoms with E-state index in [-0.39, 0.29) is 0 Å². The molecule has 2 aliphatic rings. The van der Waals surface area contributed by atoms with Crippen molar-refractivity contribution in [2.75, 3.05) is 6.54 Å². The van der Waals surface area contributed by atoms with Crippen molar-refractivity contribution >= 4 is 0 Å². The van der Waals surface area contributed by atoms with Crippen LogP contribution in [0.5, 0.6) is 0 Å². The van der Waals surface area contributed by atoms with Crippen LogP contribution in [0.1, 0.15) is 62.6 Å². The average molecular weight is 244 g/mol. The topological polar surface area (TPSA) is 24.9 Å². The van der Waals surface area contributed by atoms with E-state index in [2.05, 4.69) is 24.4 Å². The van der Waals surface area contributed by atoms with Gasteiger partial charge < -0.3 is 5.32 Å². The van der Waals surface area contributed by atoms with Crippen LogP contribution in [-0.4, -0.2) is 17.1 Å². The van der Waals surface area contributed by atoms with Gasteiger partial charge in [-0.05, 0) is 50.3 Å². The molecule has 1 aromatic heterocycles. The highest BCUT2D eigenvalue weighted by atomic mass is 15.0. The van der Waals surface area contributed by atoms with Crippen molar-refractivity contribution in [1.82, 2.24) is 10.3 Å². The Labute approximate surface area is 110 Å². The van der Waals surface area contributed by atoms with Crippen molar-refractivity contribution in [3.8, 4) is 0 Å². The Kier molecular flexibility index (Phi) is 3.38. The summed E-state index contributed by atoms with van der Waals surface area (Å²) < 4.78 is 0. The number of rotatable bonds is 2. The first kappa shape index (κ1) is 12.2. The van der Waals surface area contributed by atoms with Crippen LogP contribution in [0.4, 0.5) is 0 Å². The summed E-state index contributed by atoms with van der Waals surface area (Å²) in [5.74, 6) is 0.636. The predicted molar refractivity (Wildman–Crippen MR) is 74.8 cm³/mol. The number of hydrogen-bond acceptors (Lipinski definition) is 2. The lowest BCUT2D eigenvalue weighted by molar-refractivity contribution is 0.242. The Morgan fingerprint density at radius 1 is 1.39 bits per heavy atom. The van der Waals surface area contributed by atoms with Crippen molar-refractivity contribution in [1.29, 1.82) is 0 Å². The van der Waals surface area contributed by atoms with Crippen molar-refractivity contribution in [3.05, 3.63) is 29.6 Å². The Morgan fingerprint density at radius 3 is 3.22 bits per heavy atom. The second kappa shape index (κ2) is 5.00. The number of aryl methyl sites for hydroxylation is 1. The molecule has 1 fully saturated rings. The van der Waals surface area contributed by atoms with Crippen LogP contribution in [0.2, 0.25) is 0 Å². The zero-order valence-electron chi connectivity index (χ0n) is 11.4. The molecule has 98 valence electrons. The SMILES string of the molecule is CCC1(C2CCc3cccnc32)CCCCCN1. The fraction of sp³-hybridized carbons (Fsp3) is 0.688. The van der Waals surface area contributed by atoms with E-state index < -0.39 is 0 Å². The van der Waals surface area contributed by atoms with Gasteiger partial charge in [0.2, 0.25) is 0 Å². The molecular weight excluding hydrogens is 220 g/mol. The third-order valence-corrected chi connectivity index (χ3v) is 5.03. The van der Waals surface area contributed by atoms with Crippen LogP contribution in [0.3, 0.4) is 0 Å². The van der Waals surface area contributed by atoms with Gasteiger partial charge in [0.15, 0.2) is 0 Å². The van der Waals surface area contributed by atoms with Crippen molar-refractivity contribution in [3.63, 3.8) is 0 Å². The number of hydrogen-bond donors (Lipinski definition) is 1. The zero-order chi connectivity index (χ0) is 12.4. The lowest BCUT2D eigenvalue weighted by Crippen LogP contribution is -2.48. The molecule has 1 aliphatic heterocycles. The fourth-order valence-electron chi connectivity index (χ4n) is 3.96. The summed E-state index contributed by atoms with van der Waals surface area (Å²) in [6.45, 7) is 3.53. The molecule has 0 radical (unpaired) electrons. The van der Waals surface area contributed by atoms with Gasteiger partial charge in [0.05, 0.1) is 0 Å². The molecule has 18 heavy (non-hydrogen) atoms. The summed E-state index contributed by atoms with van der Waals surface area (Å²) in [6.07, 6.45) is 11.1. The van der Waals surface area contributed by atoms with Gasteiger partial charge in [-0.3, -0.25) is 4.98 Å². The minimum atomic E-state index is 0.316. The van der Waals surface area contributed by atoms with Crippen LogP contribution in [0, 0.1) is 0 Å². The molecule has 0 saturated carbocycles. The Bertz CT molecular complexity index is 405. The van der Waals surface area contributed by atoms with Crippen LogP contribution >= 0.6 is 0 Å². The number of nitrogens with one attached hydrogen (secondary N) is 1. The maximum atomic E-state index is 4.70. The van der Waals surface area contributed by atoms with Gasteiger partial charge in [0, 0.05) is 23.3 Å². The molecule has 2 nitrogen and oxygen atoms in total. The highest BCUT2D eigenvalue weighted by Crippen LogP contribution is 2.44. The van der Waals surface area contributed by atoms with E-state index in [0.29, 0.717) is 11.5 Å². The fourth-order valence-corrected chi connectivity index (χ4v) is 3.96. The van der Waals surface area contributed by atoms with E-state index in [1.54, 1.807) is 0 Å². The maximum Gasteiger partial charge on any atom is 0.0484 e. The van der Waals surface area contributed by atoms with Gasteiger partial charge in [0.25, 0.3) is 0 Å². The van der Waals surface area contributed by atoms with Gasteiger partial charge >= 0.3 is 0 Å². The minimum Gasteiger partial charge on any atom is -0.311 e. The molecule has 1 aromatic rings. The molecule has 0 aromatic carbocycles. The summed E-state index contributed by atoms with van der Waals surface area (Å²) in [5.41, 5.74) is 3.19. The molecule has 3 rings (SSSR count). The van der Waals surface area contributed by atoms with Gasteiger partial charge in [-0.25, -0.2) is 0 Å². The van der Waals surface area contributed by atoms with Crippen LogP contribution in [0.25, 0.3) is 0 Å². The van der Waals surface area contributed by atoms with E-state index in [1.807, 2.05) is 6.20 Å². The van der Waals surface area contributed by atoms with Crippen LogP contribution in [-0.2, 0) is 6.42 Å². The number of nitrogens with zero attached hydrogens (tertiary/aromatic N) is 1. The number of aromatic nitrogens is 1. The quantitative estimate of drug-likeness (QED) is 0.862. The molecule has 1 saturated heterocycles. The van der Waals surface area contributed by atoms with Gasteiger partial charge in [0.1, 0.15) is 0 Å². The van der Waals surface area contributed by atoms with Crippen molar-refractivity contribution < 1.29 is 0 Å². The first-order chi connectivity index (χ1) is 8.86. The number of pyridine rings is 1. The molecular formula is C16H24N2. The molecule has 0 amide bonds. The van der Waals surface area contributed by atoms with Crippen molar-refractivity contribution in [2.45, 2.75) is 63.3 Å². The third kappa shape index (κ3) is 1.97. The van der Waals surface area contributed by atoms with E-state index in [0.717, 1.165) is 0 Å². The number of fused-ring (bicyclic) bond motifs is 1. The lowest BCUT2D eigenvalue weighted by Gasteiger charge is -2.39. The Morgan fingerprint density at radius 2 is 2.33 bits per heavy atom. The summed E-state index contributed by atoms with van der Waals surface area (Å²) in [7, 11) is 0. The second-order valence-electron chi connectivity index (χ2n) is 5.89. The highest BCUT2D eigenvalue weighted by Gasteiger charge is 2.41. The molecule has 1 aliphatic carbocycles. The zero-order valence-corrected chi connectivity index (χ0v) is 11.4. The van der Waals surface area contributed by atoms with Gasteiger partial charge in [-0.2, -0.15) is 0 Å². The van der Waals surface area contributed by atoms with Gasteiger partial charge in [-0.15, -0.1) is 0 Å². The lowest BCUT2D eigenvalue weighted by atomic mass is 9.76. The van der Waals surface area contributed by atoms with E-state index in [9.17, 15) is 0 Å².